The summed E-state index contributed by atoms with van der Waals surface area (Å²) in [6.45, 7) is 8.13. The number of anilines is 1. The molecule has 0 spiro atoms. The van der Waals surface area contributed by atoms with Gasteiger partial charge < -0.3 is 43.7 Å². The lowest BCUT2D eigenvalue weighted by Crippen LogP contribution is -2.55. The second-order valence-corrected chi connectivity index (χ2v) is 13.0. The van der Waals surface area contributed by atoms with Crippen molar-refractivity contribution in [2.75, 3.05) is 51.1 Å². The van der Waals surface area contributed by atoms with Crippen molar-refractivity contribution >= 4 is 35.7 Å². The van der Waals surface area contributed by atoms with Crippen LogP contribution in [-0.4, -0.2) is 110 Å². The van der Waals surface area contributed by atoms with Gasteiger partial charge in [-0.25, -0.2) is 9.59 Å². The molecule has 1 aromatic carbocycles. The van der Waals surface area contributed by atoms with Crippen molar-refractivity contribution in [2.24, 2.45) is 0 Å². The number of rotatable bonds is 10. The van der Waals surface area contributed by atoms with E-state index >= 15 is 0 Å². The predicted octanol–water partition coefficient (Wildman–Crippen LogP) is 4.48. The van der Waals surface area contributed by atoms with E-state index in [0.717, 1.165) is 12.1 Å². The summed E-state index contributed by atoms with van der Waals surface area (Å²) in [5, 5.41) is 2.65. The van der Waals surface area contributed by atoms with Gasteiger partial charge in [-0.15, -0.1) is 0 Å². The molecule has 0 bridgehead atoms. The van der Waals surface area contributed by atoms with Gasteiger partial charge in [0, 0.05) is 51.5 Å². The molecule has 3 heterocycles. The normalized spacial score (nSPS) is 19.3. The second-order valence-electron chi connectivity index (χ2n) is 13.0. The van der Waals surface area contributed by atoms with Gasteiger partial charge in [0.2, 0.25) is 12.7 Å². The Bertz CT molecular complexity index is 1430. The number of hydrogen-bond acceptors (Lipinski definition) is 10. The Balaban J connectivity index is 1.53. The smallest absolute Gasteiger partial charge is 0.476 e. The molecule has 0 unspecified atom stereocenters. The van der Waals surface area contributed by atoms with Gasteiger partial charge in [-0.05, 0) is 52.7 Å². The monoisotopic (exact) mass is 714 g/mol. The van der Waals surface area contributed by atoms with Gasteiger partial charge in [0.1, 0.15) is 11.9 Å². The largest absolute Gasteiger partial charge is 0.511 e. The number of nitrogens with zero attached hydrogens (tertiary/aromatic N) is 3. The van der Waals surface area contributed by atoms with E-state index < -0.39 is 65.8 Å². The lowest BCUT2D eigenvalue weighted by molar-refractivity contribution is -0.138. The van der Waals surface area contributed by atoms with Gasteiger partial charge in [-0.2, -0.15) is 13.2 Å². The summed E-state index contributed by atoms with van der Waals surface area (Å²) >= 11 is 0. The van der Waals surface area contributed by atoms with Crippen LogP contribution in [0.15, 0.2) is 12.1 Å². The van der Waals surface area contributed by atoms with E-state index in [2.05, 4.69) is 5.32 Å². The molecule has 0 aliphatic carbocycles. The summed E-state index contributed by atoms with van der Waals surface area (Å²) in [7, 11) is 0. The highest BCUT2D eigenvalue weighted by atomic mass is 19.4. The summed E-state index contributed by atoms with van der Waals surface area (Å²) < 4.78 is 69.8. The molecule has 1 N–H and O–H groups in total. The first-order valence-electron chi connectivity index (χ1n) is 16.7. The van der Waals surface area contributed by atoms with Crippen molar-refractivity contribution < 1.29 is 60.8 Å². The molecular weight excluding hydrogens is 669 g/mol. The number of likely N-dealkylation sites (tertiary alicyclic amines) is 1. The summed E-state index contributed by atoms with van der Waals surface area (Å²) in [5.74, 6) is -2.02. The molecule has 0 aromatic heterocycles. The zero-order chi connectivity index (χ0) is 36.8. The van der Waals surface area contributed by atoms with E-state index in [0.29, 0.717) is 38.9 Å². The number of amides is 4. The zero-order valence-electron chi connectivity index (χ0n) is 28.9. The van der Waals surface area contributed by atoms with Crippen LogP contribution in [-0.2, 0) is 34.7 Å². The van der Waals surface area contributed by atoms with Gasteiger partial charge in [0.05, 0.1) is 36.1 Å². The fourth-order valence-electron chi connectivity index (χ4n) is 6.17. The maximum absolute atomic E-state index is 14.6. The molecule has 0 saturated carbocycles. The molecule has 3 aliphatic rings. The van der Waals surface area contributed by atoms with Crippen LogP contribution >= 0.6 is 0 Å². The SMILES string of the molecule is CCC(=O)NCCN1C(=O)C(C)(C)Oc2cc(C(F)(F)F)c(C(=O)N(C(C)C)[C@@H]3CCCN(C(=O)OCOC(=O)OC4CCOCC4)C3)cc21. The van der Waals surface area contributed by atoms with E-state index in [1.54, 1.807) is 20.8 Å². The highest BCUT2D eigenvalue weighted by Gasteiger charge is 2.45. The van der Waals surface area contributed by atoms with Crippen LogP contribution in [0.3, 0.4) is 0 Å². The average molecular weight is 715 g/mol. The van der Waals surface area contributed by atoms with E-state index in [1.165, 1.54) is 28.5 Å². The van der Waals surface area contributed by atoms with Crippen LogP contribution in [0.4, 0.5) is 28.4 Å². The number of ether oxygens (including phenoxy) is 5. The maximum Gasteiger partial charge on any atom is 0.511 e. The fourth-order valence-corrected chi connectivity index (χ4v) is 6.17. The zero-order valence-corrected chi connectivity index (χ0v) is 28.9. The molecule has 17 heteroatoms. The van der Waals surface area contributed by atoms with Crippen molar-refractivity contribution in [3.05, 3.63) is 23.3 Å². The van der Waals surface area contributed by atoms with Crippen molar-refractivity contribution in [3.63, 3.8) is 0 Å². The molecule has 1 atom stereocenters. The van der Waals surface area contributed by atoms with Crippen LogP contribution < -0.4 is 15.0 Å². The molecule has 2 saturated heterocycles. The topological polar surface area (TPSA) is 153 Å². The van der Waals surface area contributed by atoms with E-state index in [4.69, 9.17) is 23.7 Å². The van der Waals surface area contributed by atoms with Crippen LogP contribution in [0.2, 0.25) is 0 Å². The number of carbonyl (C=O) groups excluding carboxylic acids is 5. The molecule has 1 aromatic rings. The van der Waals surface area contributed by atoms with Crippen LogP contribution in [0.25, 0.3) is 0 Å². The van der Waals surface area contributed by atoms with Crippen LogP contribution in [0.5, 0.6) is 5.75 Å². The molecule has 2 fully saturated rings. The lowest BCUT2D eigenvalue weighted by atomic mass is 9.96. The minimum absolute atomic E-state index is 0.0204. The number of hydrogen-bond donors (Lipinski definition) is 1. The van der Waals surface area contributed by atoms with E-state index in [-0.39, 0.29) is 56.0 Å². The number of carbonyl (C=O) groups is 5. The first-order valence-corrected chi connectivity index (χ1v) is 16.7. The molecule has 14 nitrogen and oxygen atoms in total. The Hall–Kier alpha value is -4.28. The van der Waals surface area contributed by atoms with Crippen LogP contribution in [0, 0.1) is 0 Å². The number of benzene rings is 1. The van der Waals surface area contributed by atoms with Gasteiger partial charge in [0.25, 0.3) is 11.8 Å². The Labute approximate surface area is 288 Å². The Morgan fingerprint density at radius 3 is 2.44 bits per heavy atom. The standard InChI is InChI=1S/C33H45F3N4O10/c1-6-27(41)37-11-13-39-25-16-23(24(33(34,35)36)17-26(25)50-32(4,5)29(39)43)28(42)40(20(2)3)21-8-7-12-38(18-21)30(44)47-19-48-31(45)49-22-9-14-46-15-10-22/h16-17,20-22H,6-15,18-19H2,1-5H3,(H,37,41)/t21-/m1/s1. The quantitative estimate of drug-likeness (QED) is 0.271. The third-order valence-corrected chi connectivity index (χ3v) is 8.66. The van der Waals surface area contributed by atoms with Gasteiger partial charge in [-0.3, -0.25) is 14.4 Å². The molecule has 3 aliphatic heterocycles. The molecule has 4 amide bonds. The number of halogens is 3. The number of fused-ring (bicyclic) bond motifs is 1. The number of piperidine rings is 1. The first kappa shape index (κ1) is 38.5. The third-order valence-electron chi connectivity index (χ3n) is 8.66. The van der Waals surface area contributed by atoms with Gasteiger partial charge >= 0.3 is 18.4 Å². The molecule has 4 rings (SSSR count). The Morgan fingerprint density at radius 1 is 1.10 bits per heavy atom. The van der Waals surface area contributed by atoms with Crippen molar-refractivity contribution in [1.82, 2.24) is 15.1 Å². The number of alkyl halides is 3. The summed E-state index contributed by atoms with van der Waals surface area (Å²) in [4.78, 5) is 68.1. The lowest BCUT2D eigenvalue weighted by Gasteiger charge is -2.42. The minimum Gasteiger partial charge on any atom is -0.476 e. The molecule has 0 radical (unpaired) electrons. The molecule has 50 heavy (non-hydrogen) atoms. The van der Waals surface area contributed by atoms with E-state index in [9.17, 15) is 37.1 Å². The highest BCUT2D eigenvalue weighted by molar-refractivity contribution is 6.05. The summed E-state index contributed by atoms with van der Waals surface area (Å²) in [5.41, 5.74) is -3.49. The molecular formula is C33H45F3N4O10. The Kier molecular flexibility index (Phi) is 12.5. The summed E-state index contributed by atoms with van der Waals surface area (Å²) in [6.07, 6.45) is -5.13. The highest BCUT2D eigenvalue weighted by Crippen LogP contribution is 2.44. The maximum atomic E-state index is 14.6. The first-order chi connectivity index (χ1) is 23.5. The second kappa shape index (κ2) is 16.2. The third kappa shape index (κ3) is 9.28. The van der Waals surface area contributed by atoms with Crippen molar-refractivity contribution in [2.45, 2.75) is 96.7 Å². The van der Waals surface area contributed by atoms with Gasteiger partial charge in [0.15, 0.2) is 5.60 Å². The molecule has 278 valence electrons. The summed E-state index contributed by atoms with van der Waals surface area (Å²) in [6, 6.07) is 0.444. The van der Waals surface area contributed by atoms with Crippen molar-refractivity contribution in [3.8, 4) is 5.75 Å². The van der Waals surface area contributed by atoms with E-state index in [1.807, 2.05) is 0 Å². The number of nitrogens with one attached hydrogen (secondary N) is 1. The Morgan fingerprint density at radius 2 is 1.80 bits per heavy atom. The van der Waals surface area contributed by atoms with Crippen LogP contribution in [0.1, 0.15) is 82.6 Å². The minimum atomic E-state index is -4.97. The van der Waals surface area contributed by atoms with Gasteiger partial charge in [-0.1, -0.05) is 6.92 Å². The van der Waals surface area contributed by atoms with Crippen molar-refractivity contribution in [1.29, 1.82) is 0 Å². The average Bonchev–Trinajstić information content (AvgIpc) is 3.05. The predicted molar refractivity (Wildman–Crippen MR) is 170 cm³/mol. The fraction of sp³-hybridized carbons (Fsp3) is 0.667.